The highest BCUT2D eigenvalue weighted by atomic mass is 32.1. The summed E-state index contributed by atoms with van der Waals surface area (Å²) in [4.78, 5) is 21.1. The molecule has 0 spiro atoms. The fraction of sp³-hybridized carbons (Fsp3) is 0.429. The van der Waals surface area contributed by atoms with Crippen molar-refractivity contribution < 1.29 is 4.74 Å². The van der Waals surface area contributed by atoms with E-state index in [-0.39, 0.29) is 0 Å². The zero-order valence-electron chi connectivity index (χ0n) is 17.2. The third-order valence-electron chi connectivity index (χ3n) is 6.11. The van der Waals surface area contributed by atoms with Crippen molar-refractivity contribution in [1.82, 2.24) is 34.9 Å². The van der Waals surface area contributed by atoms with Gasteiger partial charge >= 0.3 is 0 Å². The number of hydrogen-bond acceptors (Lipinski definition) is 9. The highest BCUT2D eigenvalue weighted by molar-refractivity contribution is 7.19. The molecular formula is C21H24N8OS. The molecule has 0 unspecified atom stereocenters. The lowest BCUT2D eigenvalue weighted by Crippen LogP contribution is -2.42. The third-order valence-corrected chi connectivity index (χ3v) is 7.23. The SMILES string of the molecule is c1nc(Nc2cnc3[nH]ncc3c2)c2c3c(sc2n1)CN(CCN1CCOCC1)CC3. The van der Waals surface area contributed by atoms with E-state index in [4.69, 9.17) is 4.74 Å². The molecule has 31 heavy (non-hydrogen) atoms. The number of H-pyrrole nitrogens is 1. The second kappa shape index (κ2) is 8.12. The average molecular weight is 437 g/mol. The number of hydrogen-bond donors (Lipinski definition) is 2. The molecule has 160 valence electrons. The van der Waals surface area contributed by atoms with Crippen LogP contribution in [-0.2, 0) is 17.7 Å². The van der Waals surface area contributed by atoms with Crippen LogP contribution in [0.3, 0.4) is 0 Å². The Morgan fingerprint density at radius 1 is 1.06 bits per heavy atom. The molecule has 2 aliphatic heterocycles. The van der Waals surface area contributed by atoms with Gasteiger partial charge in [0.05, 0.1) is 36.7 Å². The molecule has 1 fully saturated rings. The van der Waals surface area contributed by atoms with Crippen LogP contribution in [0.2, 0.25) is 0 Å². The van der Waals surface area contributed by atoms with Crippen LogP contribution in [0.25, 0.3) is 21.3 Å². The van der Waals surface area contributed by atoms with E-state index < -0.39 is 0 Å². The zero-order valence-corrected chi connectivity index (χ0v) is 18.0. The minimum atomic E-state index is 0.781. The largest absolute Gasteiger partial charge is 0.379 e. The lowest BCUT2D eigenvalue weighted by Gasteiger charge is -2.31. The first-order valence-electron chi connectivity index (χ1n) is 10.7. The Hall–Kier alpha value is -2.66. The molecule has 2 N–H and O–H groups in total. The van der Waals surface area contributed by atoms with Gasteiger partial charge in [0.1, 0.15) is 17.0 Å². The number of anilines is 2. The predicted molar refractivity (Wildman–Crippen MR) is 121 cm³/mol. The molecule has 0 aliphatic carbocycles. The molecule has 4 aromatic heterocycles. The summed E-state index contributed by atoms with van der Waals surface area (Å²) in [6.07, 6.45) is 6.26. The molecule has 0 saturated carbocycles. The van der Waals surface area contributed by atoms with Crippen molar-refractivity contribution >= 4 is 44.1 Å². The first-order valence-corrected chi connectivity index (χ1v) is 11.5. The van der Waals surface area contributed by atoms with E-state index in [1.54, 1.807) is 30.1 Å². The summed E-state index contributed by atoms with van der Waals surface area (Å²) in [6, 6.07) is 2.03. The van der Waals surface area contributed by atoms with Gasteiger partial charge < -0.3 is 10.1 Å². The van der Waals surface area contributed by atoms with Gasteiger partial charge in [0.15, 0.2) is 5.65 Å². The van der Waals surface area contributed by atoms with E-state index in [0.29, 0.717) is 0 Å². The van der Waals surface area contributed by atoms with Crippen molar-refractivity contribution in [2.24, 2.45) is 0 Å². The van der Waals surface area contributed by atoms with Crippen LogP contribution >= 0.6 is 11.3 Å². The number of ether oxygens (including phenoxy) is 1. The number of aromatic amines is 1. The zero-order chi connectivity index (χ0) is 20.6. The molecule has 6 heterocycles. The van der Waals surface area contributed by atoms with Crippen LogP contribution in [0.15, 0.2) is 24.8 Å². The second-order valence-corrected chi connectivity index (χ2v) is 9.13. The number of fused-ring (bicyclic) bond motifs is 4. The number of aromatic nitrogens is 5. The Bertz CT molecular complexity index is 1210. The Labute approximate surface area is 183 Å². The van der Waals surface area contributed by atoms with Crippen molar-refractivity contribution in [1.29, 1.82) is 0 Å². The maximum Gasteiger partial charge on any atom is 0.155 e. The molecule has 9 nitrogen and oxygen atoms in total. The van der Waals surface area contributed by atoms with Crippen LogP contribution in [0.5, 0.6) is 0 Å². The van der Waals surface area contributed by atoms with Gasteiger partial charge in [-0.05, 0) is 18.1 Å². The summed E-state index contributed by atoms with van der Waals surface area (Å²) in [7, 11) is 0. The minimum Gasteiger partial charge on any atom is -0.379 e. The second-order valence-electron chi connectivity index (χ2n) is 8.04. The smallest absolute Gasteiger partial charge is 0.155 e. The Kier molecular flexibility index (Phi) is 4.99. The molecule has 0 bridgehead atoms. The standard InChI is InChI=1S/C21H24N8OS/c1-2-29(4-3-28-5-7-30-8-6-28)12-17-16(1)18-20(23-13-24-21(18)31-17)26-15-9-14-10-25-27-19(14)22-11-15/h9-11,13H,1-8,12H2,(H,22,25,27)(H,23,24,26). The predicted octanol–water partition coefficient (Wildman–Crippen LogP) is 2.40. The lowest BCUT2D eigenvalue weighted by atomic mass is 10.0. The molecular weight excluding hydrogens is 412 g/mol. The number of morpholine rings is 1. The highest BCUT2D eigenvalue weighted by Crippen LogP contribution is 2.38. The third kappa shape index (κ3) is 3.76. The first kappa shape index (κ1) is 19.1. The number of nitrogens with zero attached hydrogens (tertiary/aromatic N) is 6. The van der Waals surface area contributed by atoms with Crippen LogP contribution in [-0.4, -0.2) is 80.9 Å². The Balaban J connectivity index is 1.22. The van der Waals surface area contributed by atoms with Crippen LogP contribution < -0.4 is 5.32 Å². The van der Waals surface area contributed by atoms with Crippen LogP contribution in [0, 0.1) is 0 Å². The maximum atomic E-state index is 5.46. The Morgan fingerprint density at radius 2 is 1.97 bits per heavy atom. The molecule has 10 heteroatoms. The number of thiophene rings is 1. The van der Waals surface area contributed by atoms with Gasteiger partial charge in [-0.25, -0.2) is 15.0 Å². The molecule has 0 amide bonds. The van der Waals surface area contributed by atoms with Gasteiger partial charge in [0.2, 0.25) is 0 Å². The van der Waals surface area contributed by atoms with Crippen molar-refractivity contribution in [2.75, 3.05) is 51.3 Å². The summed E-state index contributed by atoms with van der Waals surface area (Å²) in [6.45, 7) is 8.08. The first-order chi connectivity index (χ1) is 15.3. The summed E-state index contributed by atoms with van der Waals surface area (Å²) in [5.41, 5.74) is 3.07. The van der Waals surface area contributed by atoms with E-state index in [2.05, 4.69) is 40.3 Å². The quantitative estimate of drug-likeness (QED) is 0.493. The maximum absolute atomic E-state index is 5.46. The topological polar surface area (TPSA) is 95.1 Å². The monoisotopic (exact) mass is 436 g/mol. The summed E-state index contributed by atoms with van der Waals surface area (Å²) >= 11 is 1.80. The van der Waals surface area contributed by atoms with Gasteiger partial charge in [-0.3, -0.25) is 14.9 Å². The van der Waals surface area contributed by atoms with Gasteiger partial charge in [-0.1, -0.05) is 0 Å². The summed E-state index contributed by atoms with van der Waals surface area (Å²) < 4.78 is 5.46. The average Bonchev–Trinajstić information content (AvgIpc) is 3.42. The minimum absolute atomic E-state index is 0.781. The van der Waals surface area contributed by atoms with E-state index >= 15 is 0 Å². The van der Waals surface area contributed by atoms with Gasteiger partial charge in [-0.15, -0.1) is 11.3 Å². The van der Waals surface area contributed by atoms with E-state index in [9.17, 15) is 0 Å². The van der Waals surface area contributed by atoms with Gasteiger partial charge in [-0.2, -0.15) is 5.10 Å². The van der Waals surface area contributed by atoms with Crippen molar-refractivity contribution in [2.45, 2.75) is 13.0 Å². The van der Waals surface area contributed by atoms with Crippen LogP contribution in [0.4, 0.5) is 11.5 Å². The highest BCUT2D eigenvalue weighted by Gasteiger charge is 2.24. The molecule has 0 radical (unpaired) electrons. The molecule has 4 aromatic rings. The van der Waals surface area contributed by atoms with E-state index in [1.165, 1.54) is 10.4 Å². The Morgan fingerprint density at radius 3 is 2.90 bits per heavy atom. The van der Waals surface area contributed by atoms with E-state index in [0.717, 1.165) is 91.7 Å². The van der Waals surface area contributed by atoms with E-state index in [1.807, 2.05) is 6.07 Å². The number of rotatable bonds is 5. The fourth-order valence-electron chi connectivity index (χ4n) is 4.42. The summed E-state index contributed by atoms with van der Waals surface area (Å²) in [5, 5.41) is 12.5. The molecule has 1 saturated heterocycles. The normalized spacial score (nSPS) is 17.9. The number of nitrogens with one attached hydrogen (secondary N) is 2. The van der Waals surface area contributed by atoms with Gasteiger partial charge in [0.25, 0.3) is 0 Å². The van der Waals surface area contributed by atoms with Crippen molar-refractivity contribution in [3.05, 3.63) is 35.2 Å². The van der Waals surface area contributed by atoms with Crippen LogP contribution in [0.1, 0.15) is 10.4 Å². The lowest BCUT2D eigenvalue weighted by molar-refractivity contribution is 0.0327. The fourth-order valence-corrected chi connectivity index (χ4v) is 5.65. The molecule has 0 aromatic carbocycles. The van der Waals surface area contributed by atoms with Crippen molar-refractivity contribution in [3.63, 3.8) is 0 Å². The molecule has 6 rings (SSSR count). The molecule has 0 atom stereocenters. The molecule has 2 aliphatic rings. The summed E-state index contributed by atoms with van der Waals surface area (Å²) in [5.74, 6) is 0.855. The number of pyridine rings is 1. The van der Waals surface area contributed by atoms with Crippen molar-refractivity contribution in [3.8, 4) is 0 Å². The van der Waals surface area contributed by atoms with Gasteiger partial charge in [0, 0.05) is 49.5 Å².